The van der Waals surface area contributed by atoms with E-state index in [9.17, 15) is 0 Å². The first-order valence-corrected chi connectivity index (χ1v) is 5.48. The molecule has 2 aliphatic rings. The molecular formula is C9H13NaO. The second-order valence-corrected chi connectivity index (χ2v) is 4.28. The topological polar surface area (TPSA) is 9.23 Å². The zero-order chi connectivity index (χ0) is 7.94. The molecule has 0 radical (unpaired) electrons. The van der Waals surface area contributed by atoms with Crippen molar-refractivity contribution in [2.75, 3.05) is 13.2 Å². The average molecular weight is 160 g/mol. The van der Waals surface area contributed by atoms with Crippen LogP contribution in [0.3, 0.4) is 0 Å². The van der Waals surface area contributed by atoms with Crippen LogP contribution in [0.5, 0.6) is 0 Å². The summed E-state index contributed by atoms with van der Waals surface area (Å²) < 4.78 is 5.77. The summed E-state index contributed by atoms with van der Waals surface area (Å²) >= 11 is 1.28. The van der Waals surface area contributed by atoms with Crippen molar-refractivity contribution in [1.29, 1.82) is 0 Å². The quantitative estimate of drug-likeness (QED) is 0.491. The SMILES string of the molecule is C1CCOC1.[Na][CH]1C=CC=C1. The van der Waals surface area contributed by atoms with E-state index < -0.39 is 0 Å². The molecule has 1 saturated heterocycles. The van der Waals surface area contributed by atoms with Crippen molar-refractivity contribution in [3.05, 3.63) is 24.3 Å². The summed E-state index contributed by atoms with van der Waals surface area (Å²) in [6.07, 6.45) is 11.2. The van der Waals surface area contributed by atoms with E-state index in [1.165, 1.54) is 40.8 Å². The van der Waals surface area contributed by atoms with Gasteiger partial charge in [0.2, 0.25) is 0 Å². The minimum atomic E-state index is 0.824. The summed E-state index contributed by atoms with van der Waals surface area (Å²) in [5.41, 5.74) is 0. The van der Waals surface area contributed by atoms with E-state index in [4.69, 9.17) is 4.74 Å². The Kier molecular flexibility index (Phi) is 5.21. The van der Waals surface area contributed by atoms with Crippen LogP contribution in [-0.4, -0.2) is 41.1 Å². The van der Waals surface area contributed by atoms with Crippen LogP contribution < -0.4 is 0 Å². The Morgan fingerprint density at radius 3 is 1.82 bits per heavy atom. The fourth-order valence-corrected chi connectivity index (χ4v) is 1.50. The average Bonchev–Trinajstić information content (AvgIpc) is 2.57. The second kappa shape index (κ2) is 6.01. The van der Waals surface area contributed by atoms with Gasteiger partial charge in [-0.3, -0.25) is 0 Å². The summed E-state index contributed by atoms with van der Waals surface area (Å²) in [7, 11) is 0. The van der Waals surface area contributed by atoms with Crippen molar-refractivity contribution in [2.24, 2.45) is 0 Å². The van der Waals surface area contributed by atoms with E-state index in [0.29, 0.717) is 0 Å². The van der Waals surface area contributed by atoms with Gasteiger partial charge in [0.1, 0.15) is 0 Å². The molecule has 1 heterocycles. The molecule has 0 atom stereocenters. The third-order valence-corrected chi connectivity index (χ3v) is 2.54. The molecule has 0 saturated carbocycles. The summed E-state index contributed by atoms with van der Waals surface area (Å²) in [4.78, 5) is 0. The second-order valence-electron chi connectivity index (χ2n) is 2.95. The number of hydrogen-bond acceptors (Lipinski definition) is 1. The molecule has 1 aliphatic carbocycles. The van der Waals surface area contributed by atoms with E-state index in [-0.39, 0.29) is 0 Å². The third-order valence-electron chi connectivity index (χ3n) is 1.77. The molecule has 1 fully saturated rings. The molecule has 0 amide bonds. The van der Waals surface area contributed by atoms with Gasteiger partial charge in [0.25, 0.3) is 0 Å². The van der Waals surface area contributed by atoms with Crippen LogP contribution in [0.2, 0.25) is 3.17 Å². The Labute approximate surface area is 85.9 Å². The summed E-state index contributed by atoms with van der Waals surface area (Å²) in [6, 6.07) is 0. The first-order chi connectivity index (χ1) is 5.39. The monoisotopic (exact) mass is 160 g/mol. The van der Waals surface area contributed by atoms with E-state index in [2.05, 4.69) is 24.3 Å². The third kappa shape index (κ3) is 4.81. The van der Waals surface area contributed by atoms with E-state index in [0.717, 1.165) is 16.4 Å². The van der Waals surface area contributed by atoms with Crippen molar-refractivity contribution < 1.29 is 4.74 Å². The van der Waals surface area contributed by atoms with Crippen LogP contribution in [-0.2, 0) is 4.74 Å². The van der Waals surface area contributed by atoms with Crippen LogP contribution in [0, 0.1) is 0 Å². The van der Waals surface area contributed by atoms with Gasteiger partial charge in [-0.25, -0.2) is 0 Å². The van der Waals surface area contributed by atoms with Gasteiger partial charge in [0.05, 0.1) is 0 Å². The standard InChI is InChI=1S/C5H5.C4H8O.Na/c2*1-2-4-5-3-1;/h1-5H;1-4H2;. The molecule has 2 heteroatoms. The van der Waals surface area contributed by atoms with Gasteiger partial charge in [-0.05, 0) is 12.8 Å². The maximum absolute atomic E-state index is 4.94. The van der Waals surface area contributed by atoms with Crippen molar-refractivity contribution in [2.45, 2.75) is 16.0 Å². The van der Waals surface area contributed by atoms with Gasteiger partial charge in [0.15, 0.2) is 0 Å². The van der Waals surface area contributed by atoms with Gasteiger partial charge in [-0.15, -0.1) is 0 Å². The minimum absolute atomic E-state index is 0.824. The molecule has 1 aliphatic heterocycles. The van der Waals surface area contributed by atoms with E-state index >= 15 is 0 Å². The van der Waals surface area contributed by atoms with Crippen LogP contribution in [0.1, 0.15) is 12.8 Å². The Balaban J connectivity index is 0.000000112. The molecule has 56 valence electrons. The van der Waals surface area contributed by atoms with Crippen LogP contribution in [0.15, 0.2) is 24.3 Å². The van der Waals surface area contributed by atoms with E-state index in [1.807, 2.05) is 0 Å². The first kappa shape index (κ1) is 9.53. The van der Waals surface area contributed by atoms with Crippen molar-refractivity contribution >= 4 is 27.9 Å². The first-order valence-electron chi connectivity index (χ1n) is 4.32. The molecule has 0 spiro atoms. The summed E-state index contributed by atoms with van der Waals surface area (Å²) in [5, 5.41) is 0. The molecular weight excluding hydrogens is 147 g/mol. The van der Waals surface area contributed by atoms with E-state index in [1.54, 1.807) is 0 Å². The molecule has 1 nitrogen and oxygen atoms in total. The van der Waals surface area contributed by atoms with Gasteiger partial charge < -0.3 is 4.74 Å². The Bertz CT molecular complexity index is 128. The molecule has 11 heavy (non-hydrogen) atoms. The van der Waals surface area contributed by atoms with Crippen LogP contribution in [0.25, 0.3) is 0 Å². The zero-order valence-corrected chi connectivity index (χ0v) is 9.12. The van der Waals surface area contributed by atoms with Crippen molar-refractivity contribution in [3.63, 3.8) is 0 Å². The number of allylic oxidation sites excluding steroid dienone is 4. The molecule has 0 aromatic rings. The molecule has 0 aromatic heterocycles. The normalized spacial score (nSPS) is 22.0. The van der Waals surface area contributed by atoms with Crippen LogP contribution in [0.4, 0.5) is 0 Å². The van der Waals surface area contributed by atoms with Crippen molar-refractivity contribution in [1.82, 2.24) is 0 Å². The number of ether oxygens (including phenoxy) is 1. The zero-order valence-electron chi connectivity index (χ0n) is 7.12. The molecule has 0 N–H and O–H groups in total. The molecule has 0 unspecified atom stereocenters. The molecule has 0 aromatic carbocycles. The van der Waals surface area contributed by atoms with Gasteiger partial charge in [0, 0.05) is 13.2 Å². The Morgan fingerprint density at radius 1 is 1.09 bits per heavy atom. The fourth-order valence-electron chi connectivity index (χ4n) is 1.05. The Morgan fingerprint density at radius 2 is 1.64 bits per heavy atom. The van der Waals surface area contributed by atoms with Gasteiger partial charge in [-0.1, -0.05) is 0 Å². The fraction of sp³-hybridized carbons (Fsp3) is 0.556. The molecule has 2 rings (SSSR count). The van der Waals surface area contributed by atoms with Gasteiger partial charge in [-0.2, -0.15) is 0 Å². The summed E-state index contributed by atoms with van der Waals surface area (Å²) in [5.74, 6) is 0. The summed E-state index contributed by atoms with van der Waals surface area (Å²) in [6.45, 7) is 2.00. The molecule has 0 bridgehead atoms. The predicted molar refractivity (Wildman–Crippen MR) is 47.8 cm³/mol. The van der Waals surface area contributed by atoms with Crippen molar-refractivity contribution in [3.8, 4) is 0 Å². The van der Waals surface area contributed by atoms with Gasteiger partial charge >= 0.3 is 55.4 Å². The predicted octanol–water partition coefficient (Wildman–Crippen LogP) is 1.87. The number of rotatable bonds is 0. The van der Waals surface area contributed by atoms with Crippen LogP contribution >= 0.6 is 0 Å². The Hall–Kier alpha value is 0.440. The number of hydrogen-bond donors (Lipinski definition) is 0. The maximum atomic E-state index is 4.94.